The molecule has 0 unspecified atom stereocenters. The Balaban J connectivity index is 0.00000120. The summed E-state index contributed by atoms with van der Waals surface area (Å²) >= 11 is 0. The third kappa shape index (κ3) is 14.4. The molecule has 0 aromatic heterocycles. The zero-order chi connectivity index (χ0) is 31.9. The number of unbranched alkanes of at least 4 members (excludes halogenated alkanes) is 9. The molecule has 1 aliphatic rings. The molecule has 0 N–H and O–H groups in total. The summed E-state index contributed by atoms with van der Waals surface area (Å²) in [6.07, 6.45) is 20.2. The molecule has 0 bridgehead atoms. The van der Waals surface area contributed by atoms with Gasteiger partial charge in [0, 0.05) is 22.3 Å². The molecule has 0 radical (unpaired) electrons. The van der Waals surface area contributed by atoms with Crippen LogP contribution in [0.5, 0.6) is 0 Å². The number of aryl methyl sites for hydroxylation is 2. The minimum Gasteiger partial charge on any atom is -0.493 e. The van der Waals surface area contributed by atoms with Gasteiger partial charge in [0.25, 0.3) is 0 Å². The first kappa shape index (κ1) is 42.0. The summed E-state index contributed by atoms with van der Waals surface area (Å²) in [5.74, 6) is 0. The Morgan fingerprint density at radius 2 is 1.09 bits per heavy atom. The van der Waals surface area contributed by atoms with E-state index in [1.54, 1.807) is 0 Å². The van der Waals surface area contributed by atoms with Gasteiger partial charge in [-0.2, -0.15) is 12.8 Å². The van der Waals surface area contributed by atoms with Gasteiger partial charge < -0.3 is 19.4 Å². The monoisotopic (exact) mass is 642 g/mol. The van der Waals surface area contributed by atoms with E-state index in [-0.39, 0.29) is 16.5 Å². The summed E-state index contributed by atoms with van der Waals surface area (Å²) in [4.78, 5) is 0. The first-order valence-corrected chi connectivity index (χ1v) is 17.7. The predicted octanol–water partition coefficient (Wildman–Crippen LogP) is 13.6. The van der Waals surface area contributed by atoms with E-state index in [0.717, 1.165) is 73.9 Å². The molecule has 0 saturated carbocycles. The van der Waals surface area contributed by atoms with Crippen molar-refractivity contribution in [2.45, 2.75) is 151 Å². The van der Waals surface area contributed by atoms with Crippen LogP contribution < -0.4 is 0 Å². The maximum atomic E-state index is 11.5. The second kappa shape index (κ2) is 26.3. The van der Waals surface area contributed by atoms with Gasteiger partial charge in [-0.3, -0.25) is 0 Å². The van der Waals surface area contributed by atoms with E-state index >= 15 is 0 Å². The van der Waals surface area contributed by atoms with Crippen LogP contribution >= 0.6 is 0 Å². The average Bonchev–Trinajstić information content (AvgIpc) is 3.33. The molecule has 2 aromatic rings. The topological polar surface area (TPSA) is 25.3 Å². The van der Waals surface area contributed by atoms with Crippen molar-refractivity contribution in [1.82, 2.24) is 0 Å². The molecule has 44 heavy (non-hydrogen) atoms. The minimum atomic E-state index is 0. The molecule has 0 spiro atoms. The second-order valence-corrected chi connectivity index (χ2v) is 11.8. The van der Waals surface area contributed by atoms with Crippen molar-refractivity contribution < 1.29 is 21.2 Å². The van der Waals surface area contributed by atoms with Crippen LogP contribution in [0.3, 0.4) is 0 Å². The van der Waals surface area contributed by atoms with Crippen molar-refractivity contribution in [3.05, 3.63) is 101 Å². The zero-order valence-electron chi connectivity index (χ0n) is 29.3. The van der Waals surface area contributed by atoms with Crippen LogP contribution in [-0.4, -0.2) is 4.70 Å². The van der Waals surface area contributed by atoms with E-state index in [9.17, 15) is 5.53 Å². The fraction of sp³-hybridized carbons (Fsp3) is 0.561. The molecular formula is C41H64N2Ni. The fourth-order valence-electron chi connectivity index (χ4n) is 5.45. The van der Waals surface area contributed by atoms with Gasteiger partial charge >= 0.3 is 16.5 Å². The van der Waals surface area contributed by atoms with Crippen molar-refractivity contribution in [3.8, 4) is 0 Å². The van der Waals surface area contributed by atoms with Gasteiger partial charge in [-0.15, -0.1) is 0 Å². The van der Waals surface area contributed by atoms with Crippen molar-refractivity contribution in [3.63, 3.8) is 0 Å². The molecule has 2 nitrogen and oxygen atoms in total. The number of benzene rings is 2. The van der Waals surface area contributed by atoms with Crippen LogP contribution in [0.25, 0.3) is 16.9 Å². The van der Waals surface area contributed by atoms with Crippen molar-refractivity contribution >= 4 is 11.4 Å². The standard InChI is InChI=1S/C29H38N2.2C6H13.Ni/c1-5-9-11-13-23-17-19-24(20-18-23)28-27(16-10-6-2)26(8-4)29(31(28)30)25-15-12-14-22(7-3)21-25;2*1-3-5-6-4-2;/h12,14-15,17-21H,5-11,13,16H2,1-4H3;2*1,3-6H2,2H3;/q;2*-1;+2. The van der Waals surface area contributed by atoms with Crippen LogP contribution in [0, 0.1) is 13.8 Å². The molecule has 3 rings (SSSR count). The number of rotatable bonds is 17. The normalized spacial score (nSPS) is 12.4. The van der Waals surface area contributed by atoms with E-state index in [2.05, 4.69) is 104 Å². The first-order chi connectivity index (χ1) is 21.0. The van der Waals surface area contributed by atoms with E-state index in [1.165, 1.54) is 84.8 Å². The van der Waals surface area contributed by atoms with Gasteiger partial charge in [0.1, 0.15) is 0 Å². The maximum Gasteiger partial charge on any atom is 2.00 e. The Hall–Kier alpha value is -1.99. The third-order valence-corrected chi connectivity index (χ3v) is 8.11. The Labute approximate surface area is 283 Å². The summed E-state index contributed by atoms with van der Waals surface area (Å²) in [5.41, 5.74) is 20.9. The molecule has 0 fully saturated rings. The number of hydrogen-bond donors (Lipinski definition) is 0. The van der Waals surface area contributed by atoms with E-state index in [0.29, 0.717) is 0 Å². The van der Waals surface area contributed by atoms with E-state index < -0.39 is 0 Å². The van der Waals surface area contributed by atoms with Gasteiger partial charge in [0.2, 0.25) is 11.4 Å². The predicted molar refractivity (Wildman–Crippen MR) is 192 cm³/mol. The first-order valence-electron chi connectivity index (χ1n) is 17.7. The quantitative estimate of drug-likeness (QED) is 0.0709. The van der Waals surface area contributed by atoms with Crippen molar-refractivity contribution in [2.24, 2.45) is 0 Å². The Bertz CT molecular complexity index is 1080. The van der Waals surface area contributed by atoms with Crippen molar-refractivity contribution in [1.29, 1.82) is 0 Å². The second-order valence-electron chi connectivity index (χ2n) is 11.8. The summed E-state index contributed by atoms with van der Waals surface area (Å²) in [6.45, 7) is 20.7. The van der Waals surface area contributed by atoms with E-state index in [1.807, 2.05) is 0 Å². The van der Waals surface area contributed by atoms with Gasteiger partial charge in [0.15, 0.2) is 0 Å². The third-order valence-electron chi connectivity index (χ3n) is 8.11. The SMILES string of the molecule is CCCCCc1ccc(C2=C(CCCC)C(CC)=C(c3cccc(CC)c3)[N+]2=[N-])cc1.[CH2-]CCCCC.[CH2-]CCCCC.[Ni+2]. The van der Waals surface area contributed by atoms with Gasteiger partial charge in [-0.1, -0.05) is 124 Å². The van der Waals surface area contributed by atoms with Crippen LogP contribution in [0.2, 0.25) is 0 Å². The molecule has 3 heteroatoms. The Kier molecular flexibility index (Phi) is 25.1. The smallest absolute Gasteiger partial charge is 0.493 e. The van der Waals surface area contributed by atoms with Gasteiger partial charge in [-0.25, -0.2) is 4.70 Å². The maximum absolute atomic E-state index is 11.5. The van der Waals surface area contributed by atoms with Crippen LogP contribution in [0.15, 0.2) is 59.7 Å². The molecule has 248 valence electrons. The largest absolute Gasteiger partial charge is 2.00 e. The Morgan fingerprint density at radius 1 is 0.545 bits per heavy atom. The molecule has 2 aromatic carbocycles. The average molecular weight is 644 g/mol. The summed E-state index contributed by atoms with van der Waals surface area (Å²) in [7, 11) is 0. The van der Waals surface area contributed by atoms with Crippen LogP contribution in [-0.2, 0) is 29.3 Å². The molecule has 0 amide bonds. The number of allylic oxidation sites excluding steroid dienone is 2. The molecule has 0 atom stereocenters. The summed E-state index contributed by atoms with van der Waals surface area (Å²) < 4.78 is 1.48. The van der Waals surface area contributed by atoms with Crippen LogP contribution in [0.1, 0.15) is 160 Å². The molecule has 0 saturated heterocycles. The van der Waals surface area contributed by atoms with Gasteiger partial charge in [-0.05, 0) is 73.9 Å². The summed E-state index contributed by atoms with van der Waals surface area (Å²) in [5, 5.41) is 0. The van der Waals surface area contributed by atoms with Gasteiger partial charge in [0.05, 0.1) is 0 Å². The van der Waals surface area contributed by atoms with Crippen molar-refractivity contribution in [2.75, 3.05) is 0 Å². The number of nitrogens with zero attached hydrogens (tertiary/aromatic N) is 2. The molecular weight excluding hydrogens is 579 g/mol. The Morgan fingerprint density at radius 3 is 1.57 bits per heavy atom. The zero-order valence-corrected chi connectivity index (χ0v) is 30.3. The number of hydrogen-bond acceptors (Lipinski definition) is 0. The molecule has 0 aliphatic carbocycles. The van der Waals surface area contributed by atoms with E-state index in [4.69, 9.17) is 0 Å². The fourth-order valence-corrected chi connectivity index (χ4v) is 5.45. The minimum absolute atomic E-state index is 0. The summed E-state index contributed by atoms with van der Waals surface area (Å²) in [6, 6.07) is 17.5. The van der Waals surface area contributed by atoms with Crippen LogP contribution in [0.4, 0.5) is 0 Å². The molecule has 1 heterocycles. The molecule has 1 aliphatic heterocycles.